The molecule has 0 fully saturated rings. The third-order valence-electron chi connectivity index (χ3n) is 2.12. The smallest absolute Gasteiger partial charge is 0.323 e. The number of aromatic nitrogens is 2. The second-order valence-corrected chi connectivity index (χ2v) is 3.48. The number of benzene rings is 1. The maximum Gasteiger partial charge on any atom is 0.323 e. The van der Waals surface area contributed by atoms with E-state index in [4.69, 9.17) is 15.7 Å². The van der Waals surface area contributed by atoms with Gasteiger partial charge in [-0.1, -0.05) is 6.07 Å². The minimum atomic E-state index is 0.112. The summed E-state index contributed by atoms with van der Waals surface area (Å²) < 4.78 is 5.43. The molecule has 0 atom stereocenters. The van der Waals surface area contributed by atoms with Gasteiger partial charge in [-0.15, -0.1) is 0 Å². The maximum atomic E-state index is 8.71. The molecule has 0 aliphatic carbocycles. The number of nitrogen functional groups attached to an aromatic ring is 1. The summed E-state index contributed by atoms with van der Waals surface area (Å²) in [6, 6.07) is 8.96. The van der Waals surface area contributed by atoms with E-state index in [1.165, 1.54) is 12.3 Å². The van der Waals surface area contributed by atoms with E-state index in [0.29, 0.717) is 11.4 Å². The lowest BCUT2D eigenvalue weighted by Crippen LogP contribution is -1.97. The molecule has 1 heterocycles. The van der Waals surface area contributed by atoms with Crippen molar-refractivity contribution in [1.82, 2.24) is 9.97 Å². The topological polar surface area (TPSA) is 84.8 Å². The average Bonchev–Trinajstić information content (AvgIpc) is 2.34. The Labute approximate surface area is 98.5 Å². The monoisotopic (exact) mass is 226 g/mol. The van der Waals surface area contributed by atoms with Crippen molar-refractivity contribution in [3.8, 4) is 17.8 Å². The number of nitriles is 1. The first-order valence-electron chi connectivity index (χ1n) is 4.96. The molecule has 17 heavy (non-hydrogen) atoms. The van der Waals surface area contributed by atoms with Gasteiger partial charge in [-0.2, -0.15) is 10.2 Å². The highest BCUT2D eigenvalue weighted by Gasteiger charge is 2.05. The highest BCUT2D eigenvalue weighted by molar-refractivity contribution is 5.54. The number of rotatable bonds is 2. The lowest BCUT2D eigenvalue weighted by Gasteiger charge is -2.07. The van der Waals surface area contributed by atoms with Crippen LogP contribution in [0.3, 0.4) is 0 Å². The van der Waals surface area contributed by atoms with E-state index in [0.717, 1.165) is 5.56 Å². The van der Waals surface area contributed by atoms with E-state index in [-0.39, 0.29) is 11.7 Å². The zero-order valence-corrected chi connectivity index (χ0v) is 9.21. The molecular formula is C12H10N4O. The first kappa shape index (κ1) is 10.9. The number of hydrogen-bond acceptors (Lipinski definition) is 5. The summed E-state index contributed by atoms with van der Waals surface area (Å²) in [7, 11) is 0. The largest absolute Gasteiger partial charge is 0.422 e. The van der Waals surface area contributed by atoms with Crippen LogP contribution in [0.5, 0.6) is 11.8 Å². The van der Waals surface area contributed by atoms with E-state index < -0.39 is 0 Å². The van der Waals surface area contributed by atoms with Crippen molar-refractivity contribution in [3.63, 3.8) is 0 Å². The van der Waals surface area contributed by atoms with Gasteiger partial charge in [0.05, 0.1) is 5.69 Å². The molecule has 0 spiro atoms. The number of hydrogen-bond donors (Lipinski definition) is 1. The molecule has 2 N–H and O–H groups in total. The van der Waals surface area contributed by atoms with Gasteiger partial charge in [-0.05, 0) is 30.7 Å². The summed E-state index contributed by atoms with van der Waals surface area (Å²) in [5.41, 5.74) is 7.53. The molecule has 0 aliphatic heterocycles. The summed E-state index contributed by atoms with van der Waals surface area (Å²) in [5, 5.41) is 8.71. The Morgan fingerprint density at radius 3 is 2.94 bits per heavy atom. The molecule has 84 valence electrons. The van der Waals surface area contributed by atoms with Crippen molar-refractivity contribution >= 4 is 5.69 Å². The number of anilines is 1. The number of nitrogens with zero attached hydrogens (tertiary/aromatic N) is 3. The molecule has 5 nitrogen and oxygen atoms in total. The minimum absolute atomic E-state index is 0.112. The summed E-state index contributed by atoms with van der Waals surface area (Å²) >= 11 is 0. The molecular weight excluding hydrogens is 216 g/mol. The van der Waals surface area contributed by atoms with Crippen molar-refractivity contribution < 1.29 is 4.74 Å². The molecule has 1 aromatic carbocycles. The van der Waals surface area contributed by atoms with Crippen LogP contribution in [0, 0.1) is 18.3 Å². The van der Waals surface area contributed by atoms with Gasteiger partial charge in [0.15, 0.2) is 5.75 Å². The quantitative estimate of drug-likeness (QED) is 0.792. The van der Waals surface area contributed by atoms with Gasteiger partial charge >= 0.3 is 6.01 Å². The summed E-state index contributed by atoms with van der Waals surface area (Å²) in [6.45, 7) is 1.93. The molecule has 0 amide bonds. The molecule has 0 unspecified atom stereocenters. The van der Waals surface area contributed by atoms with E-state index >= 15 is 0 Å². The van der Waals surface area contributed by atoms with Crippen molar-refractivity contribution in [2.75, 3.05) is 5.73 Å². The number of aryl methyl sites for hydroxylation is 1. The average molecular weight is 226 g/mol. The molecule has 0 saturated heterocycles. The second-order valence-electron chi connectivity index (χ2n) is 3.48. The molecule has 0 aliphatic rings. The molecule has 0 bridgehead atoms. The van der Waals surface area contributed by atoms with E-state index in [9.17, 15) is 0 Å². The van der Waals surface area contributed by atoms with Crippen LogP contribution < -0.4 is 10.5 Å². The predicted octanol–water partition coefficient (Wildman–Crippen LogP) is 2.03. The van der Waals surface area contributed by atoms with Crippen molar-refractivity contribution in [1.29, 1.82) is 5.26 Å². The van der Waals surface area contributed by atoms with Gasteiger partial charge in [-0.25, -0.2) is 4.98 Å². The second kappa shape index (κ2) is 4.49. The third-order valence-corrected chi connectivity index (χ3v) is 2.12. The normalized spacial score (nSPS) is 9.65. The summed E-state index contributed by atoms with van der Waals surface area (Å²) in [6.07, 6.45) is 1.47. The van der Waals surface area contributed by atoms with Crippen molar-refractivity contribution in [2.24, 2.45) is 0 Å². The predicted molar refractivity (Wildman–Crippen MR) is 62.4 cm³/mol. The first-order valence-corrected chi connectivity index (χ1v) is 4.96. The van der Waals surface area contributed by atoms with Crippen LogP contribution in [0.25, 0.3) is 0 Å². The van der Waals surface area contributed by atoms with Crippen molar-refractivity contribution in [2.45, 2.75) is 6.92 Å². The maximum absolute atomic E-state index is 8.71. The van der Waals surface area contributed by atoms with E-state index in [2.05, 4.69) is 9.97 Å². The summed E-state index contributed by atoms with van der Waals surface area (Å²) in [4.78, 5) is 7.82. The Morgan fingerprint density at radius 1 is 1.35 bits per heavy atom. The number of nitrogens with two attached hydrogens (primary N) is 1. The van der Waals surface area contributed by atoms with Crippen molar-refractivity contribution in [3.05, 3.63) is 41.7 Å². The zero-order valence-electron chi connectivity index (χ0n) is 9.21. The van der Waals surface area contributed by atoms with Crippen LogP contribution in [0.2, 0.25) is 0 Å². The Morgan fingerprint density at radius 2 is 2.18 bits per heavy atom. The van der Waals surface area contributed by atoms with Gasteiger partial charge in [0.2, 0.25) is 0 Å². The fraction of sp³-hybridized carbons (Fsp3) is 0.0833. The highest BCUT2D eigenvalue weighted by atomic mass is 16.5. The van der Waals surface area contributed by atoms with Crippen LogP contribution in [0.4, 0.5) is 5.69 Å². The van der Waals surface area contributed by atoms with Gasteiger partial charge in [0.1, 0.15) is 11.8 Å². The van der Waals surface area contributed by atoms with E-state index in [1.807, 2.05) is 19.1 Å². The van der Waals surface area contributed by atoms with E-state index in [1.54, 1.807) is 12.1 Å². The Kier molecular flexibility index (Phi) is 2.88. The lowest BCUT2D eigenvalue weighted by atomic mass is 10.2. The molecule has 0 saturated carbocycles. The molecule has 1 aromatic heterocycles. The fourth-order valence-electron chi connectivity index (χ4n) is 1.28. The van der Waals surface area contributed by atoms with Gasteiger partial charge in [-0.3, -0.25) is 0 Å². The van der Waals surface area contributed by atoms with Gasteiger partial charge in [0, 0.05) is 6.20 Å². The minimum Gasteiger partial charge on any atom is -0.422 e. The van der Waals surface area contributed by atoms with Gasteiger partial charge in [0.25, 0.3) is 0 Å². The zero-order chi connectivity index (χ0) is 12.3. The van der Waals surface area contributed by atoms with Gasteiger partial charge < -0.3 is 10.5 Å². The SMILES string of the molecule is Cc1ccc(N)c(Oc2nccc(C#N)n2)c1. The standard InChI is InChI=1S/C12H10N4O/c1-8-2-3-10(14)11(6-8)17-12-15-5-4-9(7-13)16-12/h2-6H,14H2,1H3. The Balaban J connectivity index is 2.31. The number of ether oxygens (including phenoxy) is 1. The van der Waals surface area contributed by atoms with Crippen LogP contribution in [-0.4, -0.2) is 9.97 Å². The lowest BCUT2D eigenvalue weighted by molar-refractivity contribution is 0.443. The van der Waals surface area contributed by atoms with Crippen LogP contribution in [-0.2, 0) is 0 Å². The molecule has 2 rings (SSSR count). The molecule has 0 radical (unpaired) electrons. The highest BCUT2D eigenvalue weighted by Crippen LogP contribution is 2.26. The molecule has 5 heteroatoms. The summed E-state index contributed by atoms with van der Waals surface area (Å²) in [5.74, 6) is 0.486. The Bertz CT molecular complexity index is 589. The first-order chi connectivity index (χ1) is 8.19. The van der Waals surface area contributed by atoms with Crippen LogP contribution >= 0.6 is 0 Å². The molecule has 2 aromatic rings. The fourth-order valence-corrected chi connectivity index (χ4v) is 1.28. The van der Waals surface area contributed by atoms with Crippen LogP contribution in [0.15, 0.2) is 30.5 Å². The van der Waals surface area contributed by atoms with Crippen LogP contribution in [0.1, 0.15) is 11.3 Å². The third kappa shape index (κ3) is 2.49. The Hall–Kier alpha value is -2.61.